The smallest absolute Gasteiger partial charge is 0.226 e. The molecule has 6 heterocycles. The van der Waals surface area contributed by atoms with E-state index in [2.05, 4.69) is 37.6 Å². The van der Waals surface area contributed by atoms with Crippen LogP contribution in [0.4, 0.5) is 4.39 Å². The lowest BCUT2D eigenvalue weighted by Crippen LogP contribution is -2.49. The number of nitrogens with zero attached hydrogens (tertiary/aromatic N) is 6. The fourth-order valence-corrected chi connectivity index (χ4v) is 12.3. The van der Waals surface area contributed by atoms with Gasteiger partial charge in [-0.2, -0.15) is 4.98 Å². The Morgan fingerprint density at radius 1 is 0.768 bits per heavy atom. The molecule has 0 radical (unpaired) electrons. The monoisotopic (exact) mass is 1190 g/mol. The van der Waals surface area contributed by atoms with E-state index in [9.17, 15) is 4.39 Å². The van der Waals surface area contributed by atoms with E-state index >= 15 is 0 Å². The van der Waals surface area contributed by atoms with Crippen LogP contribution in [0, 0.1) is 19.7 Å². The average Bonchev–Trinajstić information content (AvgIpc) is 3.21. The highest BCUT2D eigenvalue weighted by atomic mass is 35.5. The molecule has 10 rings (SSSR count). The molecule has 1 aliphatic carbocycles. The number of aromatic nitrogens is 4. The topological polar surface area (TPSA) is 150 Å². The molecule has 6 aromatic rings. The maximum absolute atomic E-state index is 14.6. The Balaban J connectivity index is 0.950. The van der Waals surface area contributed by atoms with Gasteiger partial charge in [0.05, 0.1) is 106 Å². The van der Waals surface area contributed by atoms with Crippen molar-refractivity contribution in [3.8, 4) is 44.7 Å². The van der Waals surface area contributed by atoms with Gasteiger partial charge in [0.1, 0.15) is 53.1 Å². The van der Waals surface area contributed by atoms with Gasteiger partial charge in [-0.15, -0.1) is 11.3 Å². The first-order valence-electron chi connectivity index (χ1n) is 28.6. The van der Waals surface area contributed by atoms with Crippen molar-refractivity contribution >= 4 is 44.8 Å². The first-order chi connectivity index (χ1) is 39.7. The van der Waals surface area contributed by atoms with Crippen LogP contribution in [0.25, 0.3) is 31.8 Å². The molecule has 0 amide bonds. The molecule has 82 heavy (non-hydrogen) atoms. The Kier molecular flexibility index (Phi) is 22.1. The first kappa shape index (κ1) is 61.7. The summed E-state index contributed by atoms with van der Waals surface area (Å²) in [6, 6.07) is 14.3. The normalized spacial score (nSPS) is 17.0. The molecule has 4 aliphatic rings. The number of rotatable bonds is 24. The van der Waals surface area contributed by atoms with E-state index in [1.54, 1.807) is 19.2 Å². The van der Waals surface area contributed by atoms with E-state index < -0.39 is 11.5 Å². The van der Waals surface area contributed by atoms with E-state index in [4.69, 9.17) is 90.5 Å². The number of ether oxygens (including phenoxy) is 10. The highest BCUT2D eigenvalue weighted by Crippen LogP contribution is 2.53. The van der Waals surface area contributed by atoms with Gasteiger partial charge in [-0.25, -0.2) is 19.3 Å². The maximum atomic E-state index is 14.6. The Labute approximate surface area is 496 Å². The standard InChI is InChI=1S/C62H79Cl2FN6O10S/c1-41-50-42(2)54(64)55(53(41)63)81-48(37-71-23-21-70(6)22-24-71)39-79-47-14-15-49(44(36-47)17-25-78-57-52-51(50)56(43-10-12-45(65)13-11-43)82-58(52)69-59(68-57)61(3,4)5)80-38-46-16-20-66-60(67-46)62(18-8-9-19-62)40-77-35-34-76-33-32-75-31-30-74-29-28-73-27-26-72-7/h10-16,20,36,48H,8-9,17-19,21-35,37-40H2,1-7H3/t48-/m1/s1. The summed E-state index contributed by atoms with van der Waals surface area (Å²) >= 11 is 16.4. The summed E-state index contributed by atoms with van der Waals surface area (Å²) < 4.78 is 75.5. The van der Waals surface area contributed by atoms with Crippen molar-refractivity contribution in [2.24, 2.45) is 0 Å². The second-order valence-corrected chi connectivity index (χ2v) is 24.1. The summed E-state index contributed by atoms with van der Waals surface area (Å²) in [4.78, 5) is 26.6. The molecule has 4 bridgehead atoms. The predicted octanol–water partition coefficient (Wildman–Crippen LogP) is 11.3. The number of hydrogen-bond donors (Lipinski definition) is 0. The highest BCUT2D eigenvalue weighted by Gasteiger charge is 2.39. The van der Waals surface area contributed by atoms with Crippen LogP contribution >= 0.6 is 34.5 Å². The average molecular weight is 1190 g/mol. The molecule has 3 aromatic carbocycles. The van der Waals surface area contributed by atoms with Crippen LogP contribution in [0.3, 0.4) is 0 Å². The minimum atomic E-state index is -0.451. The van der Waals surface area contributed by atoms with Gasteiger partial charge in [-0.3, -0.25) is 4.90 Å². The van der Waals surface area contributed by atoms with Crippen LogP contribution in [0.2, 0.25) is 10.0 Å². The zero-order valence-corrected chi connectivity index (χ0v) is 50.9. The van der Waals surface area contributed by atoms with Crippen molar-refractivity contribution in [1.29, 1.82) is 0 Å². The number of fused-ring (bicyclic) bond motifs is 7. The lowest BCUT2D eigenvalue weighted by atomic mass is 9.86. The predicted molar refractivity (Wildman–Crippen MR) is 318 cm³/mol. The molecule has 20 heteroatoms. The van der Waals surface area contributed by atoms with Crippen LogP contribution in [0.5, 0.6) is 23.1 Å². The van der Waals surface area contributed by atoms with Gasteiger partial charge >= 0.3 is 0 Å². The number of likely N-dealkylation sites (N-methyl/N-ethyl adjacent to an activating group) is 1. The molecule has 3 aliphatic heterocycles. The van der Waals surface area contributed by atoms with Gasteiger partial charge < -0.3 is 52.3 Å². The Hall–Kier alpha value is -4.83. The van der Waals surface area contributed by atoms with Gasteiger partial charge in [-0.1, -0.05) is 68.9 Å². The molecular formula is C62H79Cl2FN6O10S. The summed E-state index contributed by atoms with van der Waals surface area (Å²) in [6.07, 6.45) is 5.82. The summed E-state index contributed by atoms with van der Waals surface area (Å²) in [6.45, 7) is 20.6. The molecule has 0 N–H and O–H groups in total. The third-order valence-corrected chi connectivity index (χ3v) is 17.2. The zero-order valence-electron chi connectivity index (χ0n) is 48.6. The van der Waals surface area contributed by atoms with Gasteiger partial charge in [0.25, 0.3) is 0 Å². The van der Waals surface area contributed by atoms with Crippen LogP contribution < -0.4 is 18.9 Å². The lowest BCUT2D eigenvalue weighted by molar-refractivity contribution is -0.0181. The summed E-state index contributed by atoms with van der Waals surface area (Å²) in [7, 11) is 3.79. The third-order valence-electron chi connectivity index (χ3n) is 15.2. The van der Waals surface area contributed by atoms with E-state index in [0.29, 0.717) is 130 Å². The van der Waals surface area contributed by atoms with Crippen molar-refractivity contribution in [2.75, 3.05) is 133 Å². The second kappa shape index (κ2) is 29.3. The molecule has 1 saturated carbocycles. The molecule has 2 fully saturated rings. The Morgan fingerprint density at radius 2 is 1.41 bits per heavy atom. The minimum Gasteiger partial charge on any atom is -0.490 e. The molecule has 0 unspecified atom stereocenters. The highest BCUT2D eigenvalue weighted by molar-refractivity contribution is 7.22. The lowest BCUT2D eigenvalue weighted by Gasteiger charge is -2.35. The molecule has 1 atom stereocenters. The molecule has 3 aromatic heterocycles. The van der Waals surface area contributed by atoms with Gasteiger partial charge in [0, 0.05) is 73.9 Å². The van der Waals surface area contributed by atoms with Crippen LogP contribution in [-0.4, -0.2) is 169 Å². The Bertz CT molecular complexity index is 3010. The second-order valence-electron chi connectivity index (χ2n) is 22.3. The van der Waals surface area contributed by atoms with Crippen LogP contribution in [0.15, 0.2) is 54.7 Å². The molecule has 16 nitrogen and oxygen atoms in total. The SMILES string of the molecule is COCCOCCOCCOCCOCCOCC1(c2nccc(COc3ccc4cc3CCOc3nc(C(C)(C)C)nc5sc(-c6ccc(F)cc6)c(c35)-c3c(C)c(Cl)c(c(Cl)c3C)O[C@H](CN3CCN(C)CC3)CO4)n2)CCCC1. The fraction of sp³-hybridized carbons (Fsp3) is 0.548. The number of piperazine rings is 1. The van der Waals surface area contributed by atoms with Crippen molar-refractivity contribution in [2.45, 2.75) is 90.3 Å². The van der Waals surface area contributed by atoms with E-state index in [1.165, 1.54) is 23.5 Å². The minimum absolute atomic E-state index is 0.204. The number of halogens is 3. The molecule has 1 saturated heterocycles. The molecule has 0 spiro atoms. The van der Waals surface area contributed by atoms with E-state index in [0.717, 1.165) is 106 Å². The largest absolute Gasteiger partial charge is 0.490 e. The van der Waals surface area contributed by atoms with Crippen LogP contribution in [0.1, 0.15) is 80.5 Å². The summed E-state index contributed by atoms with van der Waals surface area (Å²) in [5.41, 5.74) is 4.84. The quantitative estimate of drug-likeness (QED) is 0.0528. The molecular weight excluding hydrogens is 1110 g/mol. The number of methoxy groups -OCH3 is 1. The fourth-order valence-electron chi connectivity index (χ4n) is 10.6. The zero-order chi connectivity index (χ0) is 57.6. The van der Waals surface area contributed by atoms with E-state index in [1.807, 2.05) is 44.3 Å². The maximum Gasteiger partial charge on any atom is 0.226 e. The first-order valence-corrected chi connectivity index (χ1v) is 30.2. The number of thiophene rings is 1. The summed E-state index contributed by atoms with van der Waals surface area (Å²) in [5, 5.41) is 1.49. The van der Waals surface area contributed by atoms with E-state index in [-0.39, 0.29) is 31.1 Å². The summed E-state index contributed by atoms with van der Waals surface area (Å²) in [5.74, 6) is 3.16. The Morgan fingerprint density at radius 3 is 2.06 bits per heavy atom. The number of benzene rings is 3. The van der Waals surface area contributed by atoms with Crippen molar-refractivity contribution in [3.63, 3.8) is 0 Å². The van der Waals surface area contributed by atoms with Crippen molar-refractivity contribution in [3.05, 3.63) is 105 Å². The third kappa shape index (κ3) is 15.7. The molecule has 444 valence electrons. The van der Waals surface area contributed by atoms with Crippen molar-refractivity contribution < 1.29 is 51.8 Å². The van der Waals surface area contributed by atoms with Crippen LogP contribution in [-0.2, 0) is 52.3 Å². The number of hydrogen-bond acceptors (Lipinski definition) is 17. The van der Waals surface area contributed by atoms with Gasteiger partial charge in [0.15, 0.2) is 5.75 Å². The van der Waals surface area contributed by atoms with Crippen molar-refractivity contribution in [1.82, 2.24) is 29.7 Å². The van der Waals surface area contributed by atoms with Gasteiger partial charge in [-0.05, 0) is 92.4 Å². The van der Waals surface area contributed by atoms with Gasteiger partial charge in [0.2, 0.25) is 5.88 Å².